The lowest BCUT2D eigenvalue weighted by Gasteiger charge is -2.35. The van der Waals surface area contributed by atoms with Crippen LogP contribution in [0.3, 0.4) is 0 Å². The first-order chi connectivity index (χ1) is 9.04. The number of hydrogen-bond acceptors (Lipinski definition) is 3. The molecular weight excluding hydrogens is 242 g/mol. The summed E-state index contributed by atoms with van der Waals surface area (Å²) in [5.41, 5.74) is 6.12. The van der Waals surface area contributed by atoms with Gasteiger partial charge in [0.2, 0.25) is 11.8 Å². The molecule has 1 saturated heterocycles. The number of hydrogen-bond donors (Lipinski definition) is 2. The van der Waals surface area contributed by atoms with Crippen LogP contribution in [0.15, 0.2) is 0 Å². The molecule has 1 saturated carbocycles. The van der Waals surface area contributed by atoms with Crippen LogP contribution in [0, 0.1) is 11.8 Å². The van der Waals surface area contributed by atoms with Gasteiger partial charge in [0.1, 0.15) is 6.04 Å². The van der Waals surface area contributed by atoms with E-state index < -0.39 is 0 Å². The predicted molar refractivity (Wildman–Crippen MR) is 73.3 cm³/mol. The second-order valence-corrected chi connectivity index (χ2v) is 5.99. The molecule has 2 rings (SSSR count). The molecule has 108 valence electrons. The lowest BCUT2D eigenvalue weighted by Crippen LogP contribution is -2.51. The number of likely N-dealkylation sites (N-methyl/N-ethyl adjacent to an activating group) is 1. The fourth-order valence-corrected chi connectivity index (χ4v) is 3.37. The van der Waals surface area contributed by atoms with E-state index >= 15 is 0 Å². The summed E-state index contributed by atoms with van der Waals surface area (Å²) < 4.78 is 0. The van der Waals surface area contributed by atoms with E-state index in [-0.39, 0.29) is 29.8 Å². The lowest BCUT2D eigenvalue weighted by molar-refractivity contribution is -0.143. The molecule has 4 unspecified atom stereocenters. The van der Waals surface area contributed by atoms with Gasteiger partial charge in [-0.05, 0) is 38.0 Å². The highest BCUT2D eigenvalue weighted by Gasteiger charge is 2.40. The average Bonchev–Trinajstić information content (AvgIpc) is 2.89. The second kappa shape index (κ2) is 5.90. The number of likely N-dealkylation sites (tertiary alicyclic amines) is 1. The van der Waals surface area contributed by atoms with Gasteiger partial charge >= 0.3 is 0 Å². The molecule has 1 aliphatic heterocycles. The highest BCUT2D eigenvalue weighted by Crippen LogP contribution is 2.31. The third kappa shape index (κ3) is 2.91. The molecule has 5 heteroatoms. The van der Waals surface area contributed by atoms with Gasteiger partial charge in [-0.15, -0.1) is 0 Å². The minimum Gasteiger partial charge on any atom is -0.357 e. The van der Waals surface area contributed by atoms with Gasteiger partial charge in [-0.2, -0.15) is 0 Å². The van der Waals surface area contributed by atoms with Crippen molar-refractivity contribution >= 4 is 11.8 Å². The highest BCUT2D eigenvalue weighted by atomic mass is 16.2. The molecule has 2 fully saturated rings. The van der Waals surface area contributed by atoms with Crippen LogP contribution in [0.2, 0.25) is 0 Å². The molecule has 4 atom stereocenters. The Morgan fingerprint density at radius 2 is 2.00 bits per heavy atom. The van der Waals surface area contributed by atoms with E-state index in [1.165, 1.54) is 0 Å². The molecule has 3 N–H and O–H groups in total. The van der Waals surface area contributed by atoms with E-state index in [1.807, 2.05) is 0 Å². The summed E-state index contributed by atoms with van der Waals surface area (Å²) in [7, 11) is 1.62. The van der Waals surface area contributed by atoms with E-state index in [4.69, 9.17) is 5.73 Å². The van der Waals surface area contributed by atoms with Gasteiger partial charge in [0, 0.05) is 19.6 Å². The molecule has 0 bridgehead atoms. The molecule has 0 spiro atoms. The zero-order valence-electron chi connectivity index (χ0n) is 11.9. The Morgan fingerprint density at radius 1 is 1.26 bits per heavy atom. The first kappa shape index (κ1) is 14.3. The van der Waals surface area contributed by atoms with Crippen molar-refractivity contribution in [2.75, 3.05) is 13.6 Å². The van der Waals surface area contributed by atoms with Crippen LogP contribution in [0.4, 0.5) is 0 Å². The van der Waals surface area contributed by atoms with E-state index in [9.17, 15) is 9.59 Å². The third-order valence-corrected chi connectivity index (χ3v) is 4.57. The SMILES string of the molecule is CNC(=O)C1CCCN1C(=O)C1CC(C)CCC1N. The number of carbonyl (C=O) groups is 2. The first-order valence-corrected chi connectivity index (χ1v) is 7.32. The summed E-state index contributed by atoms with van der Waals surface area (Å²) >= 11 is 0. The number of nitrogens with zero attached hydrogens (tertiary/aromatic N) is 1. The van der Waals surface area contributed by atoms with Gasteiger partial charge in [-0.1, -0.05) is 6.92 Å². The average molecular weight is 267 g/mol. The van der Waals surface area contributed by atoms with Crippen LogP contribution in [0.25, 0.3) is 0 Å². The number of rotatable bonds is 2. The van der Waals surface area contributed by atoms with Crippen molar-refractivity contribution in [3.05, 3.63) is 0 Å². The van der Waals surface area contributed by atoms with Crippen molar-refractivity contribution in [3.63, 3.8) is 0 Å². The van der Waals surface area contributed by atoms with Gasteiger partial charge in [0.05, 0.1) is 5.92 Å². The van der Waals surface area contributed by atoms with E-state index in [1.54, 1.807) is 11.9 Å². The summed E-state index contributed by atoms with van der Waals surface area (Å²) in [6, 6.07) is -0.337. The molecular formula is C14H25N3O2. The fourth-order valence-electron chi connectivity index (χ4n) is 3.37. The summed E-state index contributed by atoms with van der Waals surface area (Å²) in [5, 5.41) is 2.65. The number of nitrogens with two attached hydrogens (primary N) is 1. The fraction of sp³-hybridized carbons (Fsp3) is 0.857. The number of amides is 2. The zero-order valence-corrected chi connectivity index (χ0v) is 11.9. The number of nitrogens with one attached hydrogen (secondary N) is 1. The van der Waals surface area contributed by atoms with Gasteiger partial charge in [0.15, 0.2) is 0 Å². The second-order valence-electron chi connectivity index (χ2n) is 5.99. The van der Waals surface area contributed by atoms with Gasteiger partial charge < -0.3 is 16.0 Å². The quantitative estimate of drug-likeness (QED) is 0.764. The van der Waals surface area contributed by atoms with Crippen molar-refractivity contribution in [3.8, 4) is 0 Å². The van der Waals surface area contributed by atoms with E-state index in [2.05, 4.69) is 12.2 Å². The largest absolute Gasteiger partial charge is 0.357 e. The van der Waals surface area contributed by atoms with Crippen LogP contribution in [-0.2, 0) is 9.59 Å². The van der Waals surface area contributed by atoms with Crippen LogP contribution >= 0.6 is 0 Å². The predicted octanol–water partition coefficient (Wildman–Crippen LogP) is 0.487. The smallest absolute Gasteiger partial charge is 0.242 e. The molecule has 0 aromatic heterocycles. The monoisotopic (exact) mass is 267 g/mol. The molecule has 2 amide bonds. The molecule has 2 aliphatic rings. The minimum atomic E-state index is -0.290. The molecule has 5 nitrogen and oxygen atoms in total. The summed E-state index contributed by atoms with van der Waals surface area (Å²) in [5.74, 6) is 0.484. The van der Waals surface area contributed by atoms with Crippen molar-refractivity contribution in [1.29, 1.82) is 0 Å². The molecule has 1 heterocycles. The number of carbonyl (C=O) groups excluding carboxylic acids is 2. The van der Waals surface area contributed by atoms with Gasteiger partial charge in [0.25, 0.3) is 0 Å². The van der Waals surface area contributed by atoms with Crippen LogP contribution in [0.1, 0.15) is 39.0 Å². The molecule has 0 radical (unpaired) electrons. The first-order valence-electron chi connectivity index (χ1n) is 7.32. The van der Waals surface area contributed by atoms with Gasteiger partial charge in [-0.25, -0.2) is 0 Å². The maximum Gasteiger partial charge on any atom is 0.242 e. The summed E-state index contributed by atoms with van der Waals surface area (Å²) in [6.45, 7) is 2.86. The standard InChI is InChI=1S/C14H25N3O2/c1-9-5-6-11(15)10(8-9)14(19)17-7-3-4-12(17)13(18)16-2/h9-12H,3-8,15H2,1-2H3,(H,16,18). The maximum atomic E-state index is 12.7. The zero-order chi connectivity index (χ0) is 14.0. The van der Waals surface area contributed by atoms with Crippen molar-refractivity contribution in [2.24, 2.45) is 17.6 Å². The highest BCUT2D eigenvalue weighted by molar-refractivity contribution is 5.89. The van der Waals surface area contributed by atoms with Crippen molar-refractivity contribution < 1.29 is 9.59 Å². The molecule has 19 heavy (non-hydrogen) atoms. The molecule has 1 aliphatic carbocycles. The van der Waals surface area contributed by atoms with Crippen LogP contribution in [-0.4, -0.2) is 42.4 Å². The third-order valence-electron chi connectivity index (χ3n) is 4.57. The topological polar surface area (TPSA) is 75.4 Å². The lowest BCUT2D eigenvalue weighted by atomic mass is 9.78. The van der Waals surface area contributed by atoms with E-state index in [0.29, 0.717) is 12.5 Å². The Balaban J connectivity index is 2.07. The normalized spacial score (nSPS) is 35.2. The van der Waals surface area contributed by atoms with Crippen LogP contribution < -0.4 is 11.1 Å². The Kier molecular flexibility index (Phi) is 4.45. The van der Waals surface area contributed by atoms with Crippen LogP contribution in [0.5, 0.6) is 0 Å². The molecule has 0 aromatic carbocycles. The van der Waals surface area contributed by atoms with E-state index in [0.717, 1.165) is 32.1 Å². The Bertz CT molecular complexity index is 359. The Hall–Kier alpha value is -1.10. The molecule has 0 aromatic rings. The summed E-state index contributed by atoms with van der Waals surface area (Å²) in [4.78, 5) is 26.2. The van der Waals surface area contributed by atoms with Crippen molar-refractivity contribution in [1.82, 2.24) is 10.2 Å². The maximum absolute atomic E-state index is 12.7. The Labute approximate surface area is 114 Å². The minimum absolute atomic E-state index is 0.0466. The Morgan fingerprint density at radius 3 is 2.68 bits per heavy atom. The van der Waals surface area contributed by atoms with Crippen molar-refractivity contribution in [2.45, 2.75) is 51.1 Å². The van der Waals surface area contributed by atoms with Gasteiger partial charge in [-0.3, -0.25) is 9.59 Å². The summed E-state index contributed by atoms with van der Waals surface area (Å²) in [6.07, 6.45) is 4.54.